The summed E-state index contributed by atoms with van der Waals surface area (Å²) in [6.45, 7) is 0. The van der Waals surface area contributed by atoms with Gasteiger partial charge in [-0.1, -0.05) is 11.6 Å². The van der Waals surface area contributed by atoms with E-state index in [1.165, 1.54) is 26.4 Å². The molecule has 0 spiro atoms. The molecule has 0 unspecified atom stereocenters. The molecule has 1 aromatic rings. The zero-order chi connectivity index (χ0) is 12.3. The second-order valence-electron chi connectivity index (χ2n) is 2.98. The zero-order valence-corrected chi connectivity index (χ0v) is 11.0. The van der Waals surface area contributed by atoms with E-state index in [-0.39, 0.29) is 5.75 Å². The molecule has 4 nitrogen and oxygen atoms in total. The summed E-state index contributed by atoms with van der Waals surface area (Å²) in [6, 6.07) is 3.01. The van der Waals surface area contributed by atoms with Crippen molar-refractivity contribution in [2.45, 2.75) is 5.75 Å². The third-order valence-electron chi connectivity index (χ3n) is 1.85. The van der Waals surface area contributed by atoms with Crippen LogP contribution in [0.15, 0.2) is 12.1 Å². The SMILES string of the molecule is COc1cc(Cl)cc(CS(=O)(=O)Cl)c1OC. The first-order chi connectivity index (χ1) is 7.37. The molecule has 0 saturated carbocycles. The van der Waals surface area contributed by atoms with Gasteiger partial charge in [0.05, 0.1) is 20.0 Å². The van der Waals surface area contributed by atoms with Gasteiger partial charge in [0.2, 0.25) is 9.05 Å². The highest BCUT2D eigenvalue weighted by atomic mass is 35.7. The van der Waals surface area contributed by atoms with E-state index in [0.717, 1.165) is 0 Å². The Hall–Kier alpha value is -0.650. The summed E-state index contributed by atoms with van der Waals surface area (Å²) in [5.41, 5.74) is 0.363. The predicted molar refractivity (Wildman–Crippen MR) is 63.0 cm³/mol. The Morgan fingerprint density at radius 2 is 1.88 bits per heavy atom. The number of ether oxygens (including phenoxy) is 2. The lowest BCUT2D eigenvalue weighted by Crippen LogP contribution is -2.00. The maximum Gasteiger partial charge on any atom is 0.236 e. The molecular weight excluding hydrogens is 275 g/mol. The Bertz CT molecular complexity index is 485. The summed E-state index contributed by atoms with van der Waals surface area (Å²) in [5.74, 6) is 0.315. The first kappa shape index (κ1) is 13.4. The van der Waals surface area contributed by atoms with Crippen molar-refractivity contribution in [1.29, 1.82) is 0 Å². The van der Waals surface area contributed by atoms with E-state index in [2.05, 4.69) is 0 Å². The fraction of sp³-hybridized carbons (Fsp3) is 0.333. The van der Waals surface area contributed by atoms with E-state index in [1.807, 2.05) is 0 Å². The van der Waals surface area contributed by atoms with Crippen LogP contribution in [0, 0.1) is 0 Å². The maximum absolute atomic E-state index is 11.0. The standard InChI is InChI=1S/C9H10Cl2O4S/c1-14-8-4-7(10)3-6(9(8)15-2)5-16(11,12)13/h3-4H,5H2,1-2H3. The van der Waals surface area contributed by atoms with Crippen LogP contribution in [-0.2, 0) is 14.8 Å². The fourth-order valence-corrected chi connectivity index (χ4v) is 2.47. The van der Waals surface area contributed by atoms with E-state index >= 15 is 0 Å². The van der Waals surface area contributed by atoms with Crippen molar-refractivity contribution >= 4 is 31.3 Å². The highest BCUT2D eigenvalue weighted by Crippen LogP contribution is 2.35. The van der Waals surface area contributed by atoms with Gasteiger partial charge >= 0.3 is 0 Å². The van der Waals surface area contributed by atoms with Crippen LogP contribution >= 0.6 is 22.3 Å². The van der Waals surface area contributed by atoms with Gasteiger partial charge in [-0.2, -0.15) is 0 Å². The van der Waals surface area contributed by atoms with Crippen molar-refractivity contribution in [2.24, 2.45) is 0 Å². The summed E-state index contributed by atoms with van der Waals surface area (Å²) in [7, 11) is 4.35. The van der Waals surface area contributed by atoms with Crippen LogP contribution in [0.3, 0.4) is 0 Å². The molecule has 0 aliphatic carbocycles. The highest BCUT2D eigenvalue weighted by Gasteiger charge is 2.17. The summed E-state index contributed by atoms with van der Waals surface area (Å²) in [6.07, 6.45) is 0. The molecule has 0 radical (unpaired) electrons. The van der Waals surface area contributed by atoms with Crippen molar-refractivity contribution < 1.29 is 17.9 Å². The van der Waals surface area contributed by atoms with Crippen LogP contribution in [-0.4, -0.2) is 22.6 Å². The topological polar surface area (TPSA) is 52.6 Å². The number of hydrogen-bond acceptors (Lipinski definition) is 4. The smallest absolute Gasteiger partial charge is 0.236 e. The van der Waals surface area contributed by atoms with Gasteiger partial charge in [-0.05, 0) is 6.07 Å². The third kappa shape index (κ3) is 3.43. The Balaban J connectivity index is 3.31. The zero-order valence-electron chi connectivity index (χ0n) is 8.66. The van der Waals surface area contributed by atoms with Gasteiger partial charge in [-0.3, -0.25) is 0 Å². The number of halogens is 2. The number of benzene rings is 1. The lowest BCUT2D eigenvalue weighted by molar-refractivity contribution is 0.352. The third-order valence-corrected chi connectivity index (χ3v) is 3.05. The molecule has 0 N–H and O–H groups in total. The molecule has 0 amide bonds. The summed E-state index contributed by atoms with van der Waals surface area (Å²) in [5, 5.41) is 0.355. The fourth-order valence-electron chi connectivity index (χ4n) is 1.30. The van der Waals surface area contributed by atoms with Crippen LogP contribution < -0.4 is 9.47 Å². The molecular formula is C9H10Cl2O4S. The molecule has 0 bridgehead atoms. The second-order valence-corrected chi connectivity index (χ2v) is 6.20. The number of hydrogen-bond donors (Lipinski definition) is 0. The molecule has 0 heterocycles. The molecule has 0 fully saturated rings. The van der Waals surface area contributed by atoms with Crippen molar-refractivity contribution in [3.63, 3.8) is 0 Å². The second kappa shape index (κ2) is 5.12. The van der Waals surface area contributed by atoms with Gasteiger partial charge in [0.25, 0.3) is 0 Å². The number of rotatable bonds is 4. The quantitative estimate of drug-likeness (QED) is 0.797. The van der Waals surface area contributed by atoms with Crippen LogP contribution in [0.4, 0.5) is 0 Å². The van der Waals surface area contributed by atoms with Gasteiger partial charge in [-0.25, -0.2) is 8.42 Å². The maximum atomic E-state index is 11.0. The van der Waals surface area contributed by atoms with Crippen LogP contribution in [0.1, 0.15) is 5.56 Å². The minimum atomic E-state index is -3.67. The van der Waals surface area contributed by atoms with E-state index in [4.69, 9.17) is 31.8 Å². The minimum absolute atomic E-state index is 0.316. The van der Waals surface area contributed by atoms with Crippen molar-refractivity contribution in [2.75, 3.05) is 14.2 Å². The van der Waals surface area contributed by atoms with E-state index < -0.39 is 9.05 Å². The monoisotopic (exact) mass is 284 g/mol. The molecule has 1 rings (SSSR count). The summed E-state index contributed by atoms with van der Waals surface area (Å²) >= 11 is 5.81. The lowest BCUT2D eigenvalue weighted by atomic mass is 10.2. The van der Waals surface area contributed by atoms with Crippen LogP contribution in [0.2, 0.25) is 5.02 Å². The molecule has 90 valence electrons. The molecule has 0 aliphatic heterocycles. The van der Waals surface area contributed by atoms with Gasteiger partial charge in [-0.15, -0.1) is 0 Å². The van der Waals surface area contributed by atoms with Gasteiger partial charge in [0.15, 0.2) is 11.5 Å². The molecule has 0 aromatic heterocycles. The van der Waals surface area contributed by atoms with Crippen molar-refractivity contribution in [3.8, 4) is 11.5 Å². The normalized spacial score (nSPS) is 11.2. The molecule has 16 heavy (non-hydrogen) atoms. The Morgan fingerprint density at radius 1 is 1.25 bits per heavy atom. The highest BCUT2D eigenvalue weighted by molar-refractivity contribution is 8.13. The molecule has 0 saturated heterocycles. The van der Waals surface area contributed by atoms with E-state index in [0.29, 0.717) is 22.1 Å². The van der Waals surface area contributed by atoms with Gasteiger partial charge in [0.1, 0.15) is 0 Å². The average Bonchev–Trinajstić information content (AvgIpc) is 2.14. The van der Waals surface area contributed by atoms with Gasteiger partial charge < -0.3 is 9.47 Å². The summed E-state index contributed by atoms with van der Waals surface area (Å²) in [4.78, 5) is 0. The number of methoxy groups -OCH3 is 2. The minimum Gasteiger partial charge on any atom is -0.493 e. The van der Waals surface area contributed by atoms with Crippen LogP contribution in [0.25, 0.3) is 0 Å². The van der Waals surface area contributed by atoms with E-state index in [1.54, 1.807) is 0 Å². The summed E-state index contributed by atoms with van der Waals surface area (Å²) < 4.78 is 32.1. The Labute approximate surface area is 103 Å². The van der Waals surface area contributed by atoms with Gasteiger partial charge in [0, 0.05) is 27.3 Å². The average molecular weight is 285 g/mol. The largest absolute Gasteiger partial charge is 0.493 e. The lowest BCUT2D eigenvalue weighted by Gasteiger charge is -2.12. The predicted octanol–water partition coefficient (Wildman–Crippen LogP) is 2.43. The van der Waals surface area contributed by atoms with Crippen molar-refractivity contribution in [1.82, 2.24) is 0 Å². The first-order valence-electron chi connectivity index (χ1n) is 4.20. The van der Waals surface area contributed by atoms with Crippen LogP contribution in [0.5, 0.6) is 11.5 Å². The first-order valence-corrected chi connectivity index (χ1v) is 7.05. The van der Waals surface area contributed by atoms with Crippen molar-refractivity contribution in [3.05, 3.63) is 22.7 Å². The molecule has 0 aliphatic rings. The molecule has 0 atom stereocenters. The Morgan fingerprint density at radius 3 is 2.31 bits per heavy atom. The van der Waals surface area contributed by atoms with E-state index in [9.17, 15) is 8.42 Å². The molecule has 7 heteroatoms. The molecule has 1 aromatic carbocycles. The Kier molecular flexibility index (Phi) is 4.29.